The quantitative estimate of drug-likeness (QED) is 0.777. The van der Waals surface area contributed by atoms with Gasteiger partial charge in [-0.2, -0.15) is 0 Å². The van der Waals surface area contributed by atoms with Crippen molar-refractivity contribution in [3.05, 3.63) is 10.6 Å². The van der Waals surface area contributed by atoms with Crippen LogP contribution >= 0.6 is 23.5 Å². The molecule has 2 heterocycles. The van der Waals surface area contributed by atoms with Gasteiger partial charge in [0, 0.05) is 23.8 Å². The molecule has 0 saturated heterocycles. The molecule has 0 spiro atoms. The summed E-state index contributed by atoms with van der Waals surface area (Å²) in [7, 11) is 0. The average Bonchev–Trinajstić information content (AvgIpc) is 2.88. The minimum atomic E-state index is 0.197. The number of carbonyl (C=O) groups is 1. The van der Waals surface area contributed by atoms with E-state index in [1.165, 1.54) is 4.91 Å². The van der Waals surface area contributed by atoms with Gasteiger partial charge >= 0.3 is 0 Å². The molecular weight excluding hydrogens is 264 g/mol. The zero-order chi connectivity index (χ0) is 13.1. The van der Waals surface area contributed by atoms with Crippen LogP contribution in [0.15, 0.2) is 15.6 Å². The van der Waals surface area contributed by atoms with E-state index in [1.807, 2.05) is 29.7 Å². The minimum Gasteiger partial charge on any atom is -0.355 e. The van der Waals surface area contributed by atoms with Crippen LogP contribution in [0.2, 0.25) is 0 Å². The molecule has 2 rings (SSSR count). The van der Waals surface area contributed by atoms with E-state index in [0.29, 0.717) is 11.3 Å². The molecule has 0 aromatic carbocycles. The molecule has 0 radical (unpaired) electrons. The second-order valence-corrected chi connectivity index (χ2v) is 7.29. The maximum absolute atomic E-state index is 11.9. The first-order valence-corrected chi connectivity index (χ1v) is 8.36. The van der Waals surface area contributed by atoms with Crippen molar-refractivity contribution in [1.82, 2.24) is 4.90 Å². The van der Waals surface area contributed by atoms with E-state index >= 15 is 0 Å². The molecule has 3 nitrogen and oxygen atoms in total. The SMILES string of the molecule is CC(=O)C1=C(CC(C)C)SCN1CC1N=CCS1. The van der Waals surface area contributed by atoms with Gasteiger partial charge in [-0.05, 0) is 12.3 Å². The van der Waals surface area contributed by atoms with Crippen LogP contribution in [0.4, 0.5) is 0 Å². The topological polar surface area (TPSA) is 32.7 Å². The first-order valence-electron chi connectivity index (χ1n) is 6.33. The highest BCUT2D eigenvalue weighted by Crippen LogP contribution is 2.37. The summed E-state index contributed by atoms with van der Waals surface area (Å²) in [6.45, 7) is 6.94. The van der Waals surface area contributed by atoms with Gasteiger partial charge in [-0.25, -0.2) is 0 Å². The Kier molecular flexibility index (Phi) is 4.78. The Morgan fingerprint density at radius 2 is 2.39 bits per heavy atom. The molecule has 0 fully saturated rings. The van der Waals surface area contributed by atoms with Crippen molar-refractivity contribution in [2.24, 2.45) is 10.9 Å². The normalized spacial score (nSPS) is 23.6. The third kappa shape index (κ3) is 3.32. The Morgan fingerprint density at radius 1 is 1.61 bits per heavy atom. The summed E-state index contributed by atoms with van der Waals surface area (Å²) in [4.78, 5) is 19.8. The number of hydrogen-bond acceptors (Lipinski definition) is 5. The molecule has 1 unspecified atom stereocenters. The molecule has 2 aliphatic heterocycles. The third-order valence-electron chi connectivity index (χ3n) is 2.91. The van der Waals surface area contributed by atoms with Crippen molar-refractivity contribution in [2.45, 2.75) is 32.6 Å². The van der Waals surface area contributed by atoms with Crippen molar-refractivity contribution in [3.8, 4) is 0 Å². The number of hydrogen-bond donors (Lipinski definition) is 0. The standard InChI is InChI=1S/C13H20N2OS2/c1-9(2)6-11-13(10(3)16)15(8-18-11)7-12-14-4-5-17-12/h4,9,12H,5-8H2,1-3H3. The molecule has 0 aliphatic carbocycles. The van der Waals surface area contributed by atoms with Crippen LogP contribution in [0.25, 0.3) is 0 Å². The number of Topliss-reactive ketones (excluding diaryl/α,β-unsaturated/α-hetero) is 1. The van der Waals surface area contributed by atoms with Gasteiger partial charge in [0.15, 0.2) is 5.78 Å². The maximum atomic E-state index is 11.9. The van der Waals surface area contributed by atoms with Crippen LogP contribution in [-0.2, 0) is 4.79 Å². The lowest BCUT2D eigenvalue weighted by atomic mass is 10.1. The number of ketones is 1. The zero-order valence-electron chi connectivity index (χ0n) is 11.2. The van der Waals surface area contributed by atoms with Crippen molar-refractivity contribution in [2.75, 3.05) is 18.2 Å². The van der Waals surface area contributed by atoms with Gasteiger partial charge in [-0.3, -0.25) is 9.79 Å². The molecule has 18 heavy (non-hydrogen) atoms. The van der Waals surface area contributed by atoms with E-state index in [4.69, 9.17) is 0 Å². The Balaban J connectivity index is 2.08. The van der Waals surface area contributed by atoms with Crippen LogP contribution in [0.3, 0.4) is 0 Å². The molecular formula is C13H20N2OS2. The van der Waals surface area contributed by atoms with Gasteiger partial charge in [0.1, 0.15) is 5.37 Å². The molecule has 0 aromatic rings. The lowest BCUT2D eigenvalue weighted by molar-refractivity contribution is -0.114. The summed E-state index contributed by atoms with van der Waals surface area (Å²) in [5.74, 6) is 2.70. The summed E-state index contributed by atoms with van der Waals surface area (Å²) in [5, 5.41) is 0.304. The largest absolute Gasteiger partial charge is 0.355 e. The van der Waals surface area contributed by atoms with Gasteiger partial charge in [-0.1, -0.05) is 13.8 Å². The average molecular weight is 284 g/mol. The van der Waals surface area contributed by atoms with E-state index in [0.717, 1.165) is 30.3 Å². The Labute approximate surface area is 117 Å². The van der Waals surface area contributed by atoms with E-state index in [2.05, 4.69) is 23.7 Å². The van der Waals surface area contributed by atoms with Gasteiger partial charge in [0.05, 0.1) is 18.1 Å². The van der Waals surface area contributed by atoms with Crippen molar-refractivity contribution in [1.29, 1.82) is 0 Å². The van der Waals surface area contributed by atoms with Gasteiger partial charge in [0.25, 0.3) is 0 Å². The number of aliphatic imine (C=N–C) groups is 1. The fourth-order valence-electron chi connectivity index (χ4n) is 2.20. The van der Waals surface area contributed by atoms with Crippen LogP contribution in [0, 0.1) is 5.92 Å². The fourth-order valence-corrected chi connectivity index (χ4v) is 4.46. The van der Waals surface area contributed by atoms with E-state index in [-0.39, 0.29) is 5.78 Å². The monoisotopic (exact) mass is 284 g/mol. The Bertz CT molecular complexity index is 390. The third-order valence-corrected chi connectivity index (χ3v) is 5.06. The highest BCUT2D eigenvalue weighted by atomic mass is 32.2. The van der Waals surface area contributed by atoms with Crippen molar-refractivity contribution >= 4 is 35.5 Å². The summed E-state index contributed by atoms with van der Waals surface area (Å²) in [6, 6.07) is 0. The van der Waals surface area contributed by atoms with E-state index in [1.54, 1.807) is 6.92 Å². The number of allylic oxidation sites excluding steroid dienone is 2. The molecule has 0 amide bonds. The molecule has 0 saturated carbocycles. The van der Waals surface area contributed by atoms with Crippen molar-refractivity contribution in [3.63, 3.8) is 0 Å². The lowest BCUT2D eigenvalue weighted by Crippen LogP contribution is -2.29. The predicted octanol–water partition coefficient (Wildman–Crippen LogP) is 2.98. The molecule has 0 N–H and O–H groups in total. The number of nitrogens with zero attached hydrogens (tertiary/aromatic N) is 2. The zero-order valence-corrected chi connectivity index (χ0v) is 12.8. The number of thioether (sulfide) groups is 2. The van der Waals surface area contributed by atoms with E-state index in [9.17, 15) is 4.79 Å². The Hall–Kier alpha value is -0.420. The van der Waals surface area contributed by atoms with Gasteiger partial charge in [0.2, 0.25) is 0 Å². The summed E-state index contributed by atoms with van der Waals surface area (Å²) < 4.78 is 0. The van der Waals surface area contributed by atoms with Crippen molar-refractivity contribution < 1.29 is 4.79 Å². The molecule has 0 bridgehead atoms. The summed E-state index contributed by atoms with van der Waals surface area (Å²) >= 11 is 3.67. The van der Waals surface area contributed by atoms with Crippen LogP contribution in [0.1, 0.15) is 27.2 Å². The first-order chi connectivity index (χ1) is 8.58. The van der Waals surface area contributed by atoms with Gasteiger partial charge in [-0.15, -0.1) is 23.5 Å². The maximum Gasteiger partial charge on any atom is 0.176 e. The number of carbonyl (C=O) groups excluding carboxylic acids is 1. The van der Waals surface area contributed by atoms with Gasteiger partial charge < -0.3 is 4.90 Å². The highest BCUT2D eigenvalue weighted by Gasteiger charge is 2.28. The minimum absolute atomic E-state index is 0.197. The molecule has 1 atom stereocenters. The first kappa shape index (κ1) is 14.0. The van der Waals surface area contributed by atoms with Crippen LogP contribution in [-0.4, -0.2) is 40.4 Å². The number of rotatable bonds is 5. The van der Waals surface area contributed by atoms with Crippen LogP contribution in [0.5, 0.6) is 0 Å². The second-order valence-electron chi connectivity index (χ2n) is 5.04. The highest BCUT2D eigenvalue weighted by molar-refractivity contribution is 8.03. The Morgan fingerprint density at radius 3 is 2.94 bits per heavy atom. The van der Waals surface area contributed by atoms with E-state index < -0.39 is 0 Å². The summed E-state index contributed by atoms with van der Waals surface area (Å²) in [5.41, 5.74) is 0.941. The smallest absolute Gasteiger partial charge is 0.176 e. The fraction of sp³-hybridized carbons (Fsp3) is 0.692. The van der Waals surface area contributed by atoms with Crippen LogP contribution < -0.4 is 0 Å². The molecule has 2 aliphatic rings. The second kappa shape index (κ2) is 6.15. The molecule has 100 valence electrons. The lowest BCUT2D eigenvalue weighted by Gasteiger charge is -2.22. The summed E-state index contributed by atoms with van der Waals surface area (Å²) in [6.07, 6.45) is 2.99. The predicted molar refractivity (Wildman–Crippen MR) is 81.1 cm³/mol. The molecule has 0 aromatic heterocycles. The molecule has 5 heteroatoms.